The number of rotatable bonds is 7. The number of carbonyl (C=O) groups excluding carboxylic acids is 1. The lowest BCUT2D eigenvalue weighted by Gasteiger charge is -2.32. The van der Waals surface area contributed by atoms with Crippen molar-refractivity contribution in [2.45, 2.75) is 44.4 Å². The minimum atomic E-state index is -2.41. The molecule has 1 aliphatic heterocycles. The van der Waals surface area contributed by atoms with E-state index in [-0.39, 0.29) is 5.91 Å². The number of amides is 1. The van der Waals surface area contributed by atoms with E-state index in [9.17, 15) is 9.59 Å². The Balaban J connectivity index is 1.38. The summed E-state index contributed by atoms with van der Waals surface area (Å²) in [6.07, 6.45) is 1.83. The van der Waals surface area contributed by atoms with Crippen molar-refractivity contribution in [3.63, 3.8) is 0 Å². The normalized spacial score (nSPS) is 14.8. The van der Waals surface area contributed by atoms with Crippen LogP contribution in [0.5, 0.6) is 0 Å². The molecule has 0 spiro atoms. The van der Waals surface area contributed by atoms with Gasteiger partial charge in [0.2, 0.25) is 5.82 Å². The fourth-order valence-corrected chi connectivity index (χ4v) is 6.81. The van der Waals surface area contributed by atoms with Crippen LogP contribution in [0.15, 0.2) is 64.5 Å². The van der Waals surface area contributed by atoms with Gasteiger partial charge in [-0.15, -0.1) is 11.3 Å². The van der Waals surface area contributed by atoms with E-state index < -0.39 is 8.32 Å². The monoisotopic (exact) mass is 532 g/mol. The Morgan fingerprint density at radius 1 is 1.14 bits per heavy atom. The minimum absolute atomic E-state index is 0.00679. The van der Waals surface area contributed by atoms with Crippen LogP contribution in [0.2, 0.25) is 13.1 Å². The number of hydrogen-bond donors (Lipinski definition) is 2. The third kappa shape index (κ3) is 6.07. The van der Waals surface area contributed by atoms with Gasteiger partial charge >= 0.3 is 0 Å². The van der Waals surface area contributed by atoms with Crippen molar-refractivity contribution in [2.75, 3.05) is 13.1 Å². The molecule has 0 bridgehead atoms. The zero-order valence-corrected chi connectivity index (χ0v) is 23.0. The van der Waals surface area contributed by atoms with Crippen molar-refractivity contribution >= 4 is 25.6 Å². The van der Waals surface area contributed by atoms with Crippen molar-refractivity contribution < 1.29 is 14.1 Å². The molecule has 4 aromatic rings. The van der Waals surface area contributed by atoms with Crippen LogP contribution in [-0.4, -0.2) is 47.2 Å². The number of benzene rings is 2. The molecular formula is C28H32N4O3SSi. The van der Waals surface area contributed by atoms with Crippen molar-refractivity contribution in [2.24, 2.45) is 5.73 Å². The molecule has 1 amide bonds. The lowest BCUT2D eigenvalue weighted by atomic mass is 9.88. The molecule has 3 heterocycles. The highest BCUT2D eigenvalue weighted by Crippen LogP contribution is 2.31. The molecule has 0 aliphatic carbocycles. The van der Waals surface area contributed by atoms with E-state index >= 15 is 0 Å². The highest BCUT2D eigenvalue weighted by Gasteiger charge is 2.27. The van der Waals surface area contributed by atoms with Crippen LogP contribution in [0.3, 0.4) is 0 Å². The molecule has 5 rings (SSSR count). The summed E-state index contributed by atoms with van der Waals surface area (Å²) in [4.78, 5) is 31.7. The first kappa shape index (κ1) is 25.5. The molecule has 1 fully saturated rings. The molecule has 192 valence electrons. The number of carbonyl (C=O) groups is 1. The van der Waals surface area contributed by atoms with Gasteiger partial charge < -0.3 is 20.0 Å². The summed E-state index contributed by atoms with van der Waals surface area (Å²) in [6, 6.07) is 18.6. The zero-order valence-electron chi connectivity index (χ0n) is 21.2. The molecule has 37 heavy (non-hydrogen) atoms. The summed E-state index contributed by atoms with van der Waals surface area (Å²) in [5.74, 6) is 1.32. The second kappa shape index (κ2) is 10.7. The first-order valence-corrected chi connectivity index (χ1v) is 16.6. The van der Waals surface area contributed by atoms with Gasteiger partial charge in [0.25, 0.3) is 11.8 Å². The molecule has 7 nitrogen and oxygen atoms in total. The Labute approximate surface area is 222 Å². The van der Waals surface area contributed by atoms with Crippen LogP contribution in [0.1, 0.15) is 45.8 Å². The molecular weight excluding hydrogens is 500 g/mol. The number of likely N-dealkylation sites (tertiary alicyclic amines) is 1. The fraction of sp³-hybridized carbons (Fsp3) is 0.321. The van der Waals surface area contributed by atoms with E-state index in [0.717, 1.165) is 28.8 Å². The standard InChI is InChI=1S/C28H32N4O3SSi/c1-37(2,34)18-20-14-23(27-30-26(31-35-27)25-7-4-12-36-25)16-24(15-20)28(33)32-10-8-21(9-11-32)22-6-3-5-19(13-22)17-29/h3-7,12-16,21,34H,8-11,17-18,29H2,1-2H3. The number of nitrogens with two attached hydrogens (primary N) is 1. The first-order valence-electron chi connectivity index (χ1n) is 12.6. The summed E-state index contributed by atoms with van der Waals surface area (Å²) in [6.45, 7) is 5.71. The van der Waals surface area contributed by atoms with E-state index in [2.05, 4.69) is 34.4 Å². The number of hydrogen-bond acceptors (Lipinski definition) is 7. The number of nitrogens with zero attached hydrogens (tertiary/aromatic N) is 3. The second-order valence-corrected chi connectivity index (χ2v) is 15.3. The predicted octanol–water partition coefficient (Wildman–Crippen LogP) is 5.22. The zero-order chi connectivity index (χ0) is 26.0. The third-order valence-corrected chi connectivity index (χ3v) is 8.87. The second-order valence-electron chi connectivity index (χ2n) is 10.3. The van der Waals surface area contributed by atoms with E-state index in [1.807, 2.05) is 53.7 Å². The van der Waals surface area contributed by atoms with Crippen LogP contribution in [-0.2, 0) is 12.6 Å². The molecule has 0 atom stereocenters. The van der Waals surface area contributed by atoms with Crippen LogP contribution < -0.4 is 5.73 Å². The van der Waals surface area contributed by atoms with Gasteiger partial charge in [0.05, 0.1) is 4.88 Å². The summed E-state index contributed by atoms with van der Waals surface area (Å²) in [7, 11) is -2.41. The molecule has 2 aromatic heterocycles. The Morgan fingerprint density at radius 3 is 2.65 bits per heavy atom. The average Bonchev–Trinajstić information content (AvgIpc) is 3.60. The minimum Gasteiger partial charge on any atom is -0.432 e. The molecule has 0 saturated carbocycles. The molecule has 2 aromatic carbocycles. The molecule has 0 unspecified atom stereocenters. The third-order valence-electron chi connectivity index (χ3n) is 6.73. The van der Waals surface area contributed by atoms with Gasteiger partial charge in [-0.1, -0.05) is 35.5 Å². The molecule has 1 saturated heterocycles. The SMILES string of the molecule is C[Si](C)(O)Cc1cc(C(=O)N2CCC(c3cccc(CN)c3)CC2)cc(-c2nc(-c3cccs3)no2)c1. The van der Waals surface area contributed by atoms with Crippen LogP contribution >= 0.6 is 11.3 Å². The topological polar surface area (TPSA) is 105 Å². The van der Waals surface area contributed by atoms with E-state index in [0.29, 0.717) is 54.4 Å². The number of thiophene rings is 1. The Bertz CT molecular complexity index is 1370. The van der Waals surface area contributed by atoms with Crippen molar-refractivity contribution in [3.05, 3.63) is 82.2 Å². The summed E-state index contributed by atoms with van der Waals surface area (Å²) >= 11 is 1.54. The predicted molar refractivity (Wildman–Crippen MR) is 149 cm³/mol. The fourth-order valence-electron chi connectivity index (χ4n) is 4.96. The van der Waals surface area contributed by atoms with E-state index in [1.165, 1.54) is 5.56 Å². The molecule has 1 aliphatic rings. The van der Waals surface area contributed by atoms with Gasteiger partial charge in [0.1, 0.15) is 0 Å². The first-order chi connectivity index (χ1) is 17.8. The Kier molecular flexibility index (Phi) is 7.39. The van der Waals surface area contributed by atoms with Gasteiger partial charge in [-0.2, -0.15) is 4.98 Å². The highest BCUT2D eigenvalue weighted by atomic mass is 32.1. The Morgan fingerprint density at radius 2 is 1.95 bits per heavy atom. The number of aromatic nitrogens is 2. The van der Waals surface area contributed by atoms with Gasteiger partial charge in [-0.3, -0.25) is 4.79 Å². The maximum atomic E-state index is 13.6. The van der Waals surface area contributed by atoms with Gasteiger partial charge in [-0.05, 0) is 84.2 Å². The van der Waals surface area contributed by atoms with Crippen molar-refractivity contribution in [1.29, 1.82) is 0 Å². The lowest BCUT2D eigenvalue weighted by molar-refractivity contribution is 0.0713. The number of piperidine rings is 1. The quantitative estimate of drug-likeness (QED) is 0.316. The highest BCUT2D eigenvalue weighted by molar-refractivity contribution is 7.13. The molecule has 0 radical (unpaired) electrons. The van der Waals surface area contributed by atoms with Crippen LogP contribution in [0.25, 0.3) is 22.2 Å². The molecule has 3 N–H and O–H groups in total. The Hall–Kier alpha value is -3.11. The van der Waals surface area contributed by atoms with Crippen molar-refractivity contribution in [1.82, 2.24) is 15.0 Å². The average molecular weight is 533 g/mol. The van der Waals surface area contributed by atoms with E-state index in [1.54, 1.807) is 11.3 Å². The van der Waals surface area contributed by atoms with Crippen LogP contribution in [0, 0.1) is 0 Å². The van der Waals surface area contributed by atoms with Gasteiger partial charge in [-0.25, -0.2) is 0 Å². The van der Waals surface area contributed by atoms with E-state index in [4.69, 9.17) is 10.3 Å². The molecule has 9 heteroatoms. The largest absolute Gasteiger partial charge is 0.432 e. The van der Waals surface area contributed by atoms with Crippen molar-refractivity contribution in [3.8, 4) is 22.2 Å². The smallest absolute Gasteiger partial charge is 0.258 e. The lowest BCUT2D eigenvalue weighted by Crippen LogP contribution is -2.38. The summed E-state index contributed by atoms with van der Waals surface area (Å²) in [5, 5.41) is 6.10. The summed E-state index contributed by atoms with van der Waals surface area (Å²) in [5.41, 5.74) is 10.5. The maximum absolute atomic E-state index is 13.6. The van der Waals surface area contributed by atoms with Gasteiger partial charge in [0.15, 0.2) is 8.32 Å². The van der Waals surface area contributed by atoms with Crippen LogP contribution in [0.4, 0.5) is 0 Å². The van der Waals surface area contributed by atoms with Gasteiger partial charge in [0, 0.05) is 30.8 Å². The summed E-state index contributed by atoms with van der Waals surface area (Å²) < 4.78 is 5.58. The maximum Gasteiger partial charge on any atom is 0.258 e.